The summed E-state index contributed by atoms with van der Waals surface area (Å²) in [5.74, 6) is 3.13. The summed E-state index contributed by atoms with van der Waals surface area (Å²) in [5, 5.41) is 5.69. The van der Waals surface area contributed by atoms with Crippen LogP contribution >= 0.6 is 11.8 Å². The van der Waals surface area contributed by atoms with Crippen LogP contribution in [0.1, 0.15) is 25.7 Å². The number of fused-ring (bicyclic) bond motifs is 1. The van der Waals surface area contributed by atoms with E-state index in [1.54, 1.807) is 7.11 Å². The molecular weight excluding hydrogens is 280 g/mol. The maximum Gasteiger partial charge on any atom is 0.133 e. The monoisotopic (exact) mass is 304 g/mol. The molecule has 0 amide bonds. The Morgan fingerprint density at radius 3 is 2.76 bits per heavy atom. The Balaban J connectivity index is 1.90. The maximum atomic E-state index is 5.41. The molecule has 1 N–H and O–H groups in total. The second-order valence-corrected chi connectivity index (χ2v) is 6.03. The molecule has 21 heavy (non-hydrogen) atoms. The molecule has 0 radical (unpaired) electrons. The van der Waals surface area contributed by atoms with Gasteiger partial charge in [0, 0.05) is 23.5 Å². The van der Waals surface area contributed by atoms with E-state index in [1.807, 2.05) is 36.2 Å². The van der Waals surface area contributed by atoms with Gasteiger partial charge in [-0.05, 0) is 37.0 Å². The van der Waals surface area contributed by atoms with E-state index in [4.69, 9.17) is 4.74 Å². The first-order valence-electron chi connectivity index (χ1n) is 7.51. The van der Waals surface area contributed by atoms with Crippen LogP contribution in [0.2, 0.25) is 0 Å². The largest absolute Gasteiger partial charge is 0.496 e. The topological polar surface area (TPSA) is 34.1 Å². The first-order valence-corrected chi connectivity index (χ1v) is 8.90. The maximum absolute atomic E-state index is 5.41. The number of unbranched alkanes of at least 4 members (excludes halogenated alkanes) is 3. The molecule has 0 bridgehead atoms. The number of ether oxygens (including phenoxy) is 1. The van der Waals surface area contributed by atoms with Crippen molar-refractivity contribution >= 4 is 28.4 Å². The van der Waals surface area contributed by atoms with Crippen LogP contribution in [0.25, 0.3) is 10.8 Å². The van der Waals surface area contributed by atoms with Crippen molar-refractivity contribution in [3.63, 3.8) is 0 Å². The van der Waals surface area contributed by atoms with Gasteiger partial charge in [-0.25, -0.2) is 4.98 Å². The van der Waals surface area contributed by atoms with E-state index in [9.17, 15) is 0 Å². The molecule has 114 valence electrons. The van der Waals surface area contributed by atoms with Gasteiger partial charge in [-0.2, -0.15) is 11.8 Å². The number of anilines is 1. The molecule has 0 spiro atoms. The number of hydrogen-bond acceptors (Lipinski definition) is 4. The number of methoxy groups -OCH3 is 1. The Hall–Kier alpha value is -1.42. The van der Waals surface area contributed by atoms with Gasteiger partial charge in [0.05, 0.1) is 7.11 Å². The van der Waals surface area contributed by atoms with Gasteiger partial charge in [-0.3, -0.25) is 0 Å². The molecule has 0 saturated carbocycles. The molecule has 0 aliphatic heterocycles. The van der Waals surface area contributed by atoms with E-state index in [1.165, 1.54) is 31.4 Å². The molecule has 0 saturated heterocycles. The zero-order valence-electron chi connectivity index (χ0n) is 12.9. The Labute approximate surface area is 131 Å². The molecule has 2 rings (SSSR count). The highest BCUT2D eigenvalue weighted by atomic mass is 32.2. The van der Waals surface area contributed by atoms with Crippen LogP contribution in [0.5, 0.6) is 5.75 Å². The number of hydrogen-bond donors (Lipinski definition) is 1. The first-order chi connectivity index (χ1) is 10.4. The summed E-state index contributed by atoms with van der Waals surface area (Å²) in [5.41, 5.74) is 0. The molecule has 1 aromatic heterocycles. The van der Waals surface area contributed by atoms with Crippen LogP contribution in [0.3, 0.4) is 0 Å². The lowest BCUT2D eigenvalue weighted by atomic mass is 10.1. The van der Waals surface area contributed by atoms with Crippen molar-refractivity contribution < 1.29 is 4.74 Å². The fourth-order valence-corrected chi connectivity index (χ4v) is 2.92. The molecule has 0 unspecified atom stereocenters. The standard InChI is InChI=1S/C17H24N2OS/c1-20-16-9-7-8-15-14(16)10-12-19-17(15)18-11-5-3-4-6-13-21-2/h7-10,12H,3-6,11,13H2,1-2H3,(H,18,19). The summed E-state index contributed by atoms with van der Waals surface area (Å²) in [6.07, 6.45) is 9.12. The van der Waals surface area contributed by atoms with Crippen molar-refractivity contribution in [2.75, 3.05) is 31.0 Å². The van der Waals surface area contributed by atoms with Gasteiger partial charge in [0.25, 0.3) is 0 Å². The van der Waals surface area contributed by atoms with Gasteiger partial charge in [-0.15, -0.1) is 0 Å². The summed E-state index contributed by atoms with van der Waals surface area (Å²) in [4.78, 5) is 4.46. The van der Waals surface area contributed by atoms with E-state index in [2.05, 4.69) is 22.6 Å². The fraction of sp³-hybridized carbons (Fsp3) is 0.471. The van der Waals surface area contributed by atoms with Crippen LogP contribution in [0.15, 0.2) is 30.5 Å². The van der Waals surface area contributed by atoms with E-state index in [0.29, 0.717) is 0 Å². The first kappa shape index (κ1) is 16.0. The second-order valence-electron chi connectivity index (χ2n) is 5.05. The van der Waals surface area contributed by atoms with E-state index in [-0.39, 0.29) is 0 Å². The summed E-state index contributed by atoms with van der Waals surface area (Å²) in [7, 11) is 1.71. The SMILES string of the molecule is COc1cccc2c(NCCCCCCSC)nccc12. The number of benzene rings is 1. The molecule has 4 heteroatoms. The predicted molar refractivity (Wildman–Crippen MR) is 93.6 cm³/mol. The minimum absolute atomic E-state index is 0.898. The number of aromatic nitrogens is 1. The number of pyridine rings is 1. The average Bonchev–Trinajstić information content (AvgIpc) is 2.53. The average molecular weight is 304 g/mol. The lowest BCUT2D eigenvalue weighted by Crippen LogP contribution is -2.04. The molecule has 3 nitrogen and oxygen atoms in total. The Morgan fingerprint density at radius 1 is 1.10 bits per heavy atom. The number of rotatable bonds is 9. The minimum Gasteiger partial charge on any atom is -0.496 e. The number of nitrogens with zero attached hydrogens (tertiary/aromatic N) is 1. The zero-order valence-corrected chi connectivity index (χ0v) is 13.7. The highest BCUT2D eigenvalue weighted by molar-refractivity contribution is 7.98. The highest BCUT2D eigenvalue weighted by Crippen LogP contribution is 2.28. The predicted octanol–water partition coefficient (Wildman–Crippen LogP) is 4.58. The summed E-state index contributed by atoms with van der Waals surface area (Å²) in [6, 6.07) is 8.09. The van der Waals surface area contributed by atoms with Gasteiger partial charge >= 0.3 is 0 Å². The summed E-state index contributed by atoms with van der Waals surface area (Å²) < 4.78 is 5.41. The lowest BCUT2D eigenvalue weighted by molar-refractivity contribution is 0.420. The van der Waals surface area contributed by atoms with Gasteiger partial charge < -0.3 is 10.1 Å². The summed E-state index contributed by atoms with van der Waals surface area (Å²) >= 11 is 1.93. The molecule has 0 aliphatic rings. The third-order valence-electron chi connectivity index (χ3n) is 3.55. The van der Waals surface area contributed by atoms with Crippen LogP contribution in [0.4, 0.5) is 5.82 Å². The van der Waals surface area contributed by atoms with Crippen molar-refractivity contribution in [3.8, 4) is 5.75 Å². The number of nitrogens with one attached hydrogen (secondary N) is 1. The van der Waals surface area contributed by atoms with Crippen LogP contribution < -0.4 is 10.1 Å². The third kappa shape index (κ3) is 4.53. The fourth-order valence-electron chi connectivity index (χ4n) is 2.43. The second kappa shape index (κ2) is 8.78. The quantitative estimate of drug-likeness (QED) is 0.688. The Bertz CT molecular complexity index is 559. The lowest BCUT2D eigenvalue weighted by Gasteiger charge is -2.10. The Morgan fingerprint density at radius 2 is 1.95 bits per heavy atom. The summed E-state index contributed by atoms with van der Waals surface area (Å²) in [6.45, 7) is 0.975. The van der Waals surface area contributed by atoms with Gasteiger partial charge in [0.15, 0.2) is 0 Å². The molecule has 1 aromatic carbocycles. The van der Waals surface area contributed by atoms with Crippen molar-refractivity contribution in [1.29, 1.82) is 0 Å². The highest BCUT2D eigenvalue weighted by Gasteiger charge is 2.05. The molecule has 0 fully saturated rings. The smallest absolute Gasteiger partial charge is 0.133 e. The number of thioether (sulfide) groups is 1. The molecule has 1 heterocycles. The molecule has 2 aromatic rings. The van der Waals surface area contributed by atoms with E-state index < -0.39 is 0 Å². The Kier molecular flexibility index (Phi) is 6.67. The van der Waals surface area contributed by atoms with Gasteiger partial charge in [-0.1, -0.05) is 25.0 Å². The van der Waals surface area contributed by atoms with Crippen molar-refractivity contribution in [1.82, 2.24) is 4.98 Å². The van der Waals surface area contributed by atoms with Gasteiger partial charge in [0.2, 0.25) is 0 Å². The van der Waals surface area contributed by atoms with E-state index in [0.717, 1.165) is 28.9 Å². The molecular formula is C17H24N2OS. The van der Waals surface area contributed by atoms with Gasteiger partial charge in [0.1, 0.15) is 11.6 Å². The van der Waals surface area contributed by atoms with Crippen LogP contribution in [-0.2, 0) is 0 Å². The van der Waals surface area contributed by atoms with Crippen molar-refractivity contribution in [3.05, 3.63) is 30.5 Å². The van der Waals surface area contributed by atoms with Crippen molar-refractivity contribution in [2.24, 2.45) is 0 Å². The van der Waals surface area contributed by atoms with Crippen LogP contribution in [0, 0.1) is 0 Å². The molecule has 0 atom stereocenters. The van der Waals surface area contributed by atoms with Crippen molar-refractivity contribution in [2.45, 2.75) is 25.7 Å². The third-order valence-corrected chi connectivity index (χ3v) is 4.25. The normalized spacial score (nSPS) is 10.8. The van der Waals surface area contributed by atoms with E-state index >= 15 is 0 Å². The minimum atomic E-state index is 0.898. The zero-order chi connectivity index (χ0) is 14.9. The molecule has 0 aliphatic carbocycles. The van der Waals surface area contributed by atoms with Crippen LogP contribution in [-0.4, -0.2) is 30.6 Å².